The SMILES string of the molecule is COc1ccc(-c2cc(=Nc3cccnc3)n(C)c(=O)n2C)cc1OC. The summed E-state index contributed by atoms with van der Waals surface area (Å²) in [5, 5.41) is 0. The average Bonchev–Trinajstić information content (AvgIpc) is 2.68. The molecule has 26 heavy (non-hydrogen) atoms. The van der Waals surface area contributed by atoms with Crippen LogP contribution in [0.15, 0.2) is 58.6 Å². The van der Waals surface area contributed by atoms with Crippen LogP contribution >= 0.6 is 0 Å². The van der Waals surface area contributed by atoms with Crippen LogP contribution in [-0.2, 0) is 14.1 Å². The zero-order valence-corrected chi connectivity index (χ0v) is 15.1. The molecule has 0 N–H and O–H groups in total. The molecule has 3 aromatic rings. The molecule has 0 spiro atoms. The largest absolute Gasteiger partial charge is 0.493 e. The van der Waals surface area contributed by atoms with E-state index in [9.17, 15) is 4.79 Å². The molecule has 7 nitrogen and oxygen atoms in total. The molecule has 0 aliphatic rings. The van der Waals surface area contributed by atoms with Crippen LogP contribution in [0.25, 0.3) is 11.3 Å². The second-order valence-electron chi connectivity index (χ2n) is 5.68. The second kappa shape index (κ2) is 7.26. The smallest absolute Gasteiger partial charge is 0.329 e. The Morgan fingerprint density at radius 2 is 1.77 bits per heavy atom. The summed E-state index contributed by atoms with van der Waals surface area (Å²) in [6, 6.07) is 11.0. The van der Waals surface area contributed by atoms with E-state index in [2.05, 4.69) is 9.98 Å². The van der Waals surface area contributed by atoms with E-state index in [1.807, 2.05) is 30.3 Å². The van der Waals surface area contributed by atoms with Crippen molar-refractivity contribution in [1.29, 1.82) is 0 Å². The average molecular weight is 352 g/mol. The quantitative estimate of drug-likeness (QED) is 0.720. The molecule has 0 aliphatic heterocycles. The van der Waals surface area contributed by atoms with Crippen LogP contribution in [-0.4, -0.2) is 28.3 Å². The van der Waals surface area contributed by atoms with Crippen LogP contribution in [0, 0.1) is 0 Å². The number of pyridine rings is 1. The predicted molar refractivity (Wildman–Crippen MR) is 98.7 cm³/mol. The van der Waals surface area contributed by atoms with Crippen molar-refractivity contribution in [3.63, 3.8) is 0 Å². The van der Waals surface area contributed by atoms with E-state index in [0.717, 1.165) is 11.3 Å². The Kier molecular flexibility index (Phi) is 4.88. The molecule has 3 rings (SSSR count). The van der Waals surface area contributed by atoms with Gasteiger partial charge in [0.2, 0.25) is 0 Å². The first-order valence-corrected chi connectivity index (χ1v) is 7.99. The maximum Gasteiger partial charge on any atom is 0.329 e. The maximum absolute atomic E-state index is 12.6. The molecule has 134 valence electrons. The van der Waals surface area contributed by atoms with Crippen molar-refractivity contribution in [3.8, 4) is 22.8 Å². The molecule has 0 radical (unpaired) electrons. The molecule has 0 atom stereocenters. The fourth-order valence-corrected chi connectivity index (χ4v) is 2.67. The Bertz CT molecular complexity index is 1050. The first-order valence-electron chi connectivity index (χ1n) is 7.99. The van der Waals surface area contributed by atoms with Gasteiger partial charge in [-0.2, -0.15) is 0 Å². The standard InChI is InChI=1S/C19H20N4O3/c1-22-15(13-7-8-16(25-3)17(10-13)26-4)11-18(23(2)19(22)24)21-14-6-5-9-20-12-14/h5-12H,1-4H3. The lowest BCUT2D eigenvalue weighted by molar-refractivity contribution is 0.355. The summed E-state index contributed by atoms with van der Waals surface area (Å²) in [4.78, 5) is 21.2. The van der Waals surface area contributed by atoms with Gasteiger partial charge in [-0.15, -0.1) is 0 Å². The highest BCUT2D eigenvalue weighted by atomic mass is 16.5. The number of aromatic nitrogens is 3. The van der Waals surface area contributed by atoms with E-state index in [1.165, 1.54) is 4.57 Å². The van der Waals surface area contributed by atoms with Gasteiger partial charge in [-0.3, -0.25) is 14.1 Å². The Morgan fingerprint density at radius 3 is 2.42 bits per heavy atom. The number of rotatable bonds is 4. The molecule has 7 heteroatoms. The van der Waals surface area contributed by atoms with E-state index in [0.29, 0.717) is 22.7 Å². The third-order valence-corrected chi connectivity index (χ3v) is 4.11. The number of hydrogen-bond acceptors (Lipinski definition) is 5. The Morgan fingerprint density at radius 1 is 1.00 bits per heavy atom. The molecule has 0 saturated carbocycles. The number of benzene rings is 1. The molecule has 0 aliphatic carbocycles. The highest BCUT2D eigenvalue weighted by molar-refractivity contribution is 5.64. The van der Waals surface area contributed by atoms with Gasteiger partial charge in [0.15, 0.2) is 11.5 Å². The lowest BCUT2D eigenvalue weighted by atomic mass is 10.1. The van der Waals surface area contributed by atoms with E-state index in [-0.39, 0.29) is 5.69 Å². The van der Waals surface area contributed by atoms with Gasteiger partial charge in [0.1, 0.15) is 5.49 Å². The van der Waals surface area contributed by atoms with E-state index < -0.39 is 0 Å². The summed E-state index contributed by atoms with van der Waals surface area (Å²) in [6.07, 6.45) is 3.33. The molecule has 2 aromatic heterocycles. The fraction of sp³-hybridized carbons (Fsp3) is 0.211. The number of methoxy groups -OCH3 is 2. The normalized spacial score (nSPS) is 11.5. The third-order valence-electron chi connectivity index (χ3n) is 4.11. The van der Waals surface area contributed by atoms with E-state index >= 15 is 0 Å². The van der Waals surface area contributed by atoms with Crippen molar-refractivity contribution < 1.29 is 9.47 Å². The van der Waals surface area contributed by atoms with Gasteiger partial charge in [-0.05, 0) is 30.3 Å². The van der Waals surface area contributed by atoms with Crippen molar-refractivity contribution in [2.45, 2.75) is 0 Å². The van der Waals surface area contributed by atoms with Crippen LogP contribution in [0.3, 0.4) is 0 Å². The van der Waals surface area contributed by atoms with E-state index in [4.69, 9.17) is 9.47 Å². The molecular formula is C19H20N4O3. The summed E-state index contributed by atoms with van der Waals surface area (Å²) in [5.74, 6) is 1.22. The van der Waals surface area contributed by atoms with Crippen molar-refractivity contribution in [2.75, 3.05) is 14.2 Å². The monoisotopic (exact) mass is 352 g/mol. The summed E-state index contributed by atoms with van der Waals surface area (Å²) in [5.41, 5.74) is 2.57. The number of hydrogen-bond donors (Lipinski definition) is 0. The molecule has 0 saturated heterocycles. The first-order chi connectivity index (χ1) is 12.5. The third kappa shape index (κ3) is 3.23. The number of nitrogens with zero attached hydrogens (tertiary/aromatic N) is 4. The molecule has 0 unspecified atom stereocenters. The predicted octanol–water partition coefficient (Wildman–Crippen LogP) is 2.04. The Balaban J connectivity index is 2.23. The van der Waals surface area contributed by atoms with Crippen molar-refractivity contribution in [3.05, 3.63) is 64.8 Å². The molecule has 2 heterocycles. The topological polar surface area (TPSA) is 70.6 Å². The van der Waals surface area contributed by atoms with Crippen LogP contribution in [0.2, 0.25) is 0 Å². The number of ether oxygens (including phenoxy) is 2. The molecule has 1 aromatic carbocycles. The van der Waals surface area contributed by atoms with Gasteiger partial charge < -0.3 is 9.47 Å². The van der Waals surface area contributed by atoms with Crippen molar-refractivity contribution >= 4 is 5.69 Å². The zero-order chi connectivity index (χ0) is 18.7. The van der Waals surface area contributed by atoms with Crippen molar-refractivity contribution in [1.82, 2.24) is 14.1 Å². The molecule has 0 fully saturated rings. The summed E-state index contributed by atoms with van der Waals surface area (Å²) in [7, 11) is 6.58. The lowest BCUT2D eigenvalue weighted by Crippen LogP contribution is -2.37. The first kappa shape index (κ1) is 17.5. The molecular weight excluding hydrogens is 332 g/mol. The second-order valence-corrected chi connectivity index (χ2v) is 5.68. The zero-order valence-electron chi connectivity index (χ0n) is 15.1. The summed E-state index contributed by atoms with van der Waals surface area (Å²) in [6.45, 7) is 0. The van der Waals surface area contributed by atoms with Crippen LogP contribution < -0.4 is 20.7 Å². The van der Waals surface area contributed by atoms with Gasteiger partial charge in [0.25, 0.3) is 0 Å². The minimum atomic E-state index is -0.181. The lowest BCUT2D eigenvalue weighted by Gasteiger charge is -2.13. The van der Waals surface area contributed by atoms with Gasteiger partial charge in [-0.25, -0.2) is 9.79 Å². The Labute approximate surface area is 150 Å². The van der Waals surface area contributed by atoms with Crippen LogP contribution in [0.1, 0.15) is 0 Å². The Hall–Kier alpha value is -3.35. The van der Waals surface area contributed by atoms with Gasteiger partial charge in [-0.1, -0.05) is 0 Å². The summed E-state index contributed by atoms with van der Waals surface area (Å²) < 4.78 is 13.7. The van der Waals surface area contributed by atoms with Crippen LogP contribution in [0.4, 0.5) is 5.69 Å². The van der Waals surface area contributed by atoms with Crippen LogP contribution in [0.5, 0.6) is 11.5 Å². The van der Waals surface area contributed by atoms with Gasteiger partial charge >= 0.3 is 5.69 Å². The van der Waals surface area contributed by atoms with Gasteiger partial charge in [0, 0.05) is 31.9 Å². The fourth-order valence-electron chi connectivity index (χ4n) is 2.67. The van der Waals surface area contributed by atoms with Crippen molar-refractivity contribution in [2.24, 2.45) is 19.1 Å². The minimum Gasteiger partial charge on any atom is -0.493 e. The molecule has 0 amide bonds. The highest BCUT2D eigenvalue weighted by Gasteiger charge is 2.11. The van der Waals surface area contributed by atoms with E-state index in [1.54, 1.807) is 51.3 Å². The maximum atomic E-state index is 12.6. The minimum absolute atomic E-state index is 0.181. The highest BCUT2D eigenvalue weighted by Crippen LogP contribution is 2.31. The molecule has 0 bridgehead atoms. The summed E-state index contributed by atoms with van der Waals surface area (Å²) >= 11 is 0. The van der Waals surface area contributed by atoms with Gasteiger partial charge in [0.05, 0.1) is 31.8 Å².